The number of hydrazone groups is 1. The van der Waals surface area contributed by atoms with Crippen molar-refractivity contribution in [1.29, 1.82) is 0 Å². The van der Waals surface area contributed by atoms with Crippen molar-refractivity contribution in [3.8, 4) is 0 Å². The zero-order valence-corrected chi connectivity index (χ0v) is 12.5. The third-order valence-electron chi connectivity index (χ3n) is 2.67. The van der Waals surface area contributed by atoms with Crippen molar-refractivity contribution < 1.29 is 9.72 Å². The summed E-state index contributed by atoms with van der Waals surface area (Å²) in [5.74, 6) is -0.406. The van der Waals surface area contributed by atoms with Gasteiger partial charge in [-0.15, -0.1) is 0 Å². The maximum atomic E-state index is 11.8. The van der Waals surface area contributed by atoms with Crippen LogP contribution < -0.4 is 5.43 Å². The molecule has 1 N–H and O–H groups in total. The fourth-order valence-electron chi connectivity index (χ4n) is 1.61. The number of carbonyl (C=O) groups is 1. The average Bonchev–Trinajstić information content (AvgIpc) is 2.49. The molecule has 8 heteroatoms. The average molecular weight is 338 g/mol. The topological polar surface area (TPSA) is 84.6 Å². The van der Waals surface area contributed by atoms with Crippen LogP contribution >= 0.6 is 23.2 Å². The molecule has 6 nitrogen and oxygen atoms in total. The van der Waals surface area contributed by atoms with Crippen molar-refractivity contribution >= 4 is 41.0 Å². The Morgan fingerprint density at radius 2 is 1.86 bits per heavy atom. The third-order valence-corrected chi connectivity index (χ3v) is 3.30. The van der Waals surface area contributed by atoms with Crippen LogP contribution in [0.2, 0.25) is 10.0 Å². The lowest BCUT2D eigenvalue weighted by Crippen LogP contribution is -2.17. The summed E-state index contributed by atoms with van der Waals surface area (Å²) in [5, 5.41) is 14.7. The molecule has 0 radical (unpaired) electrons. The first-order valence-corrected chi connectivity index (χ1v) is 6.76. The van der Waals surface area contributed by atoms with Crippen molar-refractivity contribution in [2.75, 3.05) is 0 Å². The van der Waals surface area contributed by atoms with Gasteiger partial charge in [0.25, 0.3) is 11.6 Å². The summed E-state index contributed by atoms with van der Waals surface area (Å²) in [5.41, 5.74) is 2.72. The number of hydrogen-bond acceptors (Lipinski definition) is 4. The van der Waals surface area contributed by atoms with E-state index in [-0.39, 0.29) is 21.3 Å². The van der Waals surface area contributed by atoms with Gasteiger partial charge in [0.05, 0.1) is 16.2 Å². The van der Waals surface area contributed by atoms with Gasteiger partial charge in [0.2, 0.25) is 0 Å². The predicted molar refractivity (Wildman–Crippen MR) is 84.6 cm³/mol. The molecular weight excluding hydrogens is 329 g/mol. The fourth-order valence-corrected chi connectivity index (χ4v) is 2.11. The summed E-state index contributed by atoms with van der Waals surface area (Å²) in [6, 6.07) is 10.9. The Morgan fingerprint density at radius 1 is 1.18 bits per heavy atom. The van der Waals surface area contributed by atoms with Crippen LogP contribution in [-0.4, -0.2) is 17.0 Å². The number of amides is 1. The standard InChI is InChI=1S/C14H9Cl2N3O3/c15-11-7-12(16)13(19(21)22)6-10(11)8-17-18-14(20)9-4-2-1-3-5-9/h1-8H,(H,18,20)/b17-8+. The van der Waals surface area contributed by atoms with Crippen molar-refractivity contribution in [1.82, 2.24) is 5.43 Å². The van der Waals surface area contributed by atoms with E-state index in [0.29, 0.717) is 5.56 Å². The van der Waals surface area contributed by atoms with E-state index in [4.69, 9.17) is 23.2 Å². The van der Waals surface area contributed by atoms with Gasteiger partial charge < -0.3 is 0 Å². The Hall–Kier alpha value is -2.44. The van der Waals surface area contributed by atoms with E-state index < -0.39 is 10.8 Å². The third kappa shape index (κ3) is 3.81. The van der Waals surface area contributed by atoms with Gasteiger partial charge in [0, 0.05) is 17.2 Å². The highest BCUT2D eigenvalue weighted by Gasteiger charge is 2.15. The van der Waals surface area contributed by atoms with Gasteiger partial charge in [-0.1, -0.05) is 41.4 Å². The molecule has 2 rings (SSSR count). The maximum Gasteiger partial charge on any atom is 0.288 e. The molecule has 0 saturated heterocycles. The van der Waals surface area contributed by atoms with Gasteiger partial charge in [-0.25, -0.2) is 5.43 Å². The number of rotatable bonds is 4. The molecule has 0 saturated carbocycles. The first-order chi connectivity index (χ1) is 10.5. The highest BCUT2D eigenvalue weighted by Crippen LogP contribution is 2.29. The minimum absolute atomic E-state index is 0.0690. The molecule has 1 amide bonds. The number of nitro groups is 1. The Balaban J connectivity index is 2.15. The number of benzene rings is 2. The van der Waals surface area contributed by atoms with Crippen LogP contribution in [0.4, 0.5) is 5.69 Å². The smallest absolute Gasteiger partial charge is 0.267 e. The minimum Gasteiger partial charge on any atom is -0.267 e. The summed E-state index contributed by atoms with van der Waals surface area (Å²) in [6.45, 7) is 0. The van der Waals surface area contributed by atoms with Crippen LogP contribution in [0.5, 0.6) is 0 Å². The molecule has 112 valence electrons. The first kappa shape index (κ1) is 15.9. The lowest BCUT2D eigenvalue weighted by atomic mass is 10.2. The summed E-state index contributed by atoms with van der Waals surface area (Å²) < 4.78 is 0. The SMILES string of the molecule is O=C(N/N=C/c1cc([N+](=O)[O-])c(Cl)cc1Cl)c1ccccc1. The Bertz CT molecular complexity index is 748. The summed E-state index contributed by atoms with van der Waals surface area (Å²) in [7, 11) is 0. The highest BCUT2D eigenvalue weighted by molar-refractivity contribution is 6.37. The normalized spacial score (nSPS) is 10.6. The van der Waals surface area contributed by atoms with E-state index in [1.54, 1.807) is 30.3 Å². The van der Waals surface area contributed by atoms with Crippen LogP contribution in [0.1, 0.15) is 15.9 Å². The van der Waals surface area contributed by atoms with Gasteiger partial charge >= 0.3 is 0 Å². The van der Waals surface area contributed by atoms with E-state index in [9.17, 15) is 14.9 Å². The van der Waals surface area contributed by atoms with Crippen LogP contribution in [-0.2, 0) is 0 Å². The second-order valence-electron chi connectivity index (χ2n) is 4.15. The molecule has 0 aliphatic rings. The van der Waals surface area contributed by atoms with Crippen molar-refractivity contribution in [2.45, 2.75) is 0 Å². The Labute approximate surface area is 135 Å². The molecule has 0 unspecified atom stereocenters. The van der Waals surface area contributed by atoms with E-state index >= 15 is 0 Å². The molecule has 2 aromatic rings. The number of nitrogens with zero attached hydrogens (tertiary/aromatic N) is 2. The molecule has 22 heavy (non-hydrogen) atoms. The molecule has 0 aromatic heterocycles. The molecule has 0 aliphatic heterocycles. The van der Waals surface area contributed by atoms with Gasteiger partial charge in [0.1, 0.15) is 5.02 Å². The minimum atomic E-state index is -0.626. The summed E-state index contributed by atoms with van der Waals surface area (Å²) in [6.07, 6.45) is 1.21. The van der Waals surface area contributed by atoms with E-state index in [1.165, 1.54) is 18.3 Å². The zero-order chi connectivity index (χ0) is 16.1. The van der Waals surface area contributed by atoms with Crippen LogP contribution in [0.15, 0.2) is 47.6 Å². The zero-order valence-electron chi connectivity index (χ0n) is 11.0. The van der Waals surface area contributed by atoms with Crippen LogP contribution in [0.25, 0.3) is 0 Å². The lowest BCUT2D eigenvalue weighted by Gasteiger charge is -2.01. The van der Waals surface area contributed by atoms with Crippen molar-refractivity contribution in [2.24, 2.45) is 5.10 Å². The number of hydrogen-bond donors (Lipinski definition) is 1. The fraction of sp³-hybridized carbons (Fsp3) is 0. The molecule has 0 atom stereocenters. The molecule has 0 spiro atoms. The number of halogens is 2. The molecule has 0 bridgehead atoms. The van der Waals surface area contributed by atoms with E-state index in [2.05, 4.69) is 10.5 Å². The largest absolute Gasteiger partial charge is 0.288 e. The number of nitrogens with one attached hydrogen (secondary N) is 1. The van der Waals surface area contributed by atoms with Gasteiger partial charge in [-0.2, -0.15) is 5.10 Å². The second kappa shape index (κ2) is 7.02. The monoisotopic (exact) mass is 337 g/mol. The Kier molecular flexibility index (Phi) is 5.08. The summed E-state index contributed by atoms with van der Waals surface area (Å²) in [4.78, 5) is 22.0. The van der Waals surface area contributed by atoms with E-state index in [1.807, 2.05) is 0 Å². The molecule has 0 heterocycles. The van der Waals surface area contributed by atoms with E-state index in [0.717, 1.165) is 0 Å². The quantitative estimate of drug-likeness (QED) is 0.524. The lowest BCUT2D eigenvalue weighted by molar-refractivity contribution is -0.384. The first-order valence-electron chi connectivity index (χ1n) is 6.01. The van der Waals surface area contributed by atoms with Gasteiger partial charge in [0.15, 0.2) is 0 Å². The number of carbonyl (C=O) groups excluding carboxylic acids is 1. The molecule has 0 fully saturated rings. The molecule has 2 aromatic carbocycles. The summed E-state index contributed by atoms with van der Waals surface area (Å²) >= 11 is 11.6. The molecule has 0 aliphatic carbocycles. The maximum absolute atomic E-state index is 11.8. The molecular formula is C14H9Cl2N3O3. The second-order valence-corrected chi connectivity index (χ2v) is 4.96. The van der Waals surface area contributed by atoms with Crippen LogP contribution in [0, 0.1) is 10.1 Å². The van der Waals surface area contributed by atoms with Crippen molar-refractivity contribution in [3.05, 3.63) is 73.8 Å². The van der Waals surface area contributed by atoms with Crippen molar-refractivity contribution in [3.63, 3.8) is 0 Å². The highest BCUT2D eigenvalue weighted by atomic mass is 35.5. The van der Waals surface area contributed by atoms with Crippen LogP contribution in [0.3, 0.4) is 0 Å². The number of nitro benzene ring substituents is 1. The Morgan fingerprint density at radius 3 is 2.50 bits per heavy atom. The van der Waals surface area contributed by atoms with Gasteiger partial charge in [-0.05, 0) is 18.2 Å². The predicted octanol–water partition coefficient (Wildman–Crippen LogP) is 3.67. The van der Waals surface area contributed by atoms with Gasteiger partial charge in [-0.3, -0.25) is 14.9 Å².